The normalized spacial score (nSPS) is 11.0. The first-order valence-electron chi connectivity index (χ1n) is 4.26. The zero-order valence-corrected chi connectivity index (χ0v) is 8.22. The smallest absolute Gasteiger partial charge is 0.320 e. The van der Waals surface area contributed by atoms with Crippen molar-refractivity contribution in [1.82, 2.24) is 19.5 Å². The minimum Gasteiger partial charge on any atom is -0.321 e. The first-order chi connectivity index (χ1) is 7.33. The lowest BCUT2D eigenvalue weighted by molar-refractivity contribution is 0.420. The summed E-state index contributed by atoms with van der Waals surface area (Å²) in [5.74, 6) is 0.392. The molecule has 0 aliphatic heterocycles. The molecule has 3 aromatic rings. The zero-order chi connectivity index (χ0) is 10.3. The van der Waals surface area contributed by atoms with Gasteiger partial charge in [-0.05, 0) is 23.7 Å². The molecule has 74 valence electrons. The number of fused-ring (bicyclic) bond motifs is 1. The summed E-state index contributed by atoms with van der Waals surface area (Å²) in [5.41, 5.74) is 1.46. The minimum absolute atomic E-state index is 0.0158. The second-order valence-corrected chi connectivity index (χ2v) is 3.29. The van der Waals surface area contributed by atoms with Crippen LogP contribution in [0, 0.1) is 0 Å². The van der Waals surface area contributed by atoms with Gasteiger partial charge in [0.15, 0.2) is 0 Å². The standard InChI is InChI=1S/C9H5ClN4O/c10-9-12-8(13-15-9)6-5-14-4-2-1-3-7(14)11-6/h1-5H. The van der Waals surface area contributed by atoms with Gasteiger partial charge in [0.1, 0.15) is 11.3 Å². The Hall–Kier alpha value is -1.88. The third kappa shape index (κ3) is 1.37. The van der Waals surface area contributed by atoms with Gasteiger partial charge in [-0.2, -0.15) is 4.98 Å². The molecule has 3 heterocycles. The van der Waals surface area contributed by atoms with E-state index in [2.05, 4.69) is 19.6 Å². The summed E-state index contributed by atoms with van der Waals surface area (Å²) in [6.07, 6.45) is 3.71. The first-order valence-corrected chi connectivity index (χ1v) is 4.64. The second-order valence-electron chi connectivity index (χ2n) is 2.96. The average molecular weight is 221 g/mol. The highest BCUT2D eigenvalue weighted by atomic mass is 35.5. The molecule has 0 saturated heterocycles. The summed E-state index contributed by atoms with van der Waals surface area (Å²) in [6, 6.07) is 5.72. The van der Waals surface area contributed by atoms with E-state index in [1.54, 1.807) is 0 Å². The van der Waals surface area contributed by atoms with Crippen LogP contribution in [0.5, 0.6) is 0 Å². The molecule has 0 spiro atoms. The molecule has 0 aliphatic rings. The lowest BCUT2D eigenvalue weighted by Crippen LogP contribution is -1.78. The molecular weight excluding hydrogens is 216 g/mol. The molecule has 0 atom stereocenters. The zero-order valence-electron chi connectivity index (χ0n) is 7.46. The Balaban J connectivity index is 2.19. The van der Waals surface area contributed by atoms with Crippen molar-refractivity contribution in [2.45, 2.75) is 0 Å². The Labute approximate surface area is 89.3 Å². The highest BCUT2D eigenvalue weighted by Gasteiger charge is 2.10. The van der Waals surface area contributed by atoms with E-state index < -0.39 is 0 Å². The van der Waals surface area contributed by atoms with Gasteiger partial charge >= 0.3 is 5.35 Å². The van der Waals surface area contributed by atoms with Gasteiger partial charge in [-0.15, -0.1) is 0 Å². The van der Waals surface area contributed by atoms with Crippen molar-refractivity contribution in [3.63, 3.8) is 0 Å². The third-order valence-electron chi connectivity index (χ3n) is 1.99. The van der Waals surface area contributed by atoms with Crippen molar-refractivity contribution < 1.29 is 4.52 Å². The van der Waals surface area contributed by atoms with E-state index in [0.29, 0.717) is 11.5 Å². The number of halogens is 1. The monoisotopic (exact) mass is 220 g/mol. The molecule has 0 saturated carbocycles. The third-order valence-corrected chi connectivity index (χ3v) is 2.15. The second kappa shape index (κ2) is 3.06. The highest BCUT2D eigenvalue weighted by Crippen LogP contribution is 2.17. The van der Waals surface area contributed by atoms with E-state index in [0.717, 1.165) is 5.65 Å². The molecule has 0 aromatic carbocycles. The summed E-state index contributed by atoms with van der Waals surface area (Å²) in [7, 11) is 0. The maximum Gasteiger partial charge on any atom is 0.320 e. The fraction of sp³-hybridized carbons (Fsp3) is 0. The molecule has 0 radical (unpaired) electrons. The predicted octanol–water partition coefficient (Wildman–Crippen LogP) is 2.04. The summed E-state index contributed by atoms with van der Waals surface area (Å²) in [4.78, 5) is 8.20. The van der Waals surface area contributed by atoms with Gasteiger partial charge in [-0.3, -0.25) is 0 Å². The Bertz CT molecular complexity index is 582. The molecule has 15 heavy (non-hydrogen) atoms. The largest absolute Gasteiger partial charge is 0.321 e. The van der Waals surface area contributed by atoms with Crippen LogP contribution >= 0.6 is 11.6 Å². The van der Waals surface area contributed by atoms with Crippen LogP contribution in [0.2, 0.25) is 5.35 Å². The Morgan fingerprint density at radius 3 is 2.93 bits per heavy atom. The quantitative estimate of drug-likeness (QED) is 0.630. The van der Waals surface area contributed by atoms with Crippen molar-refractivity contribution in [1.29, 1.82) is 0 Å². The van der Waals surface area contributed by atoms with Crippen molar-refractivity contribution in [3.8, 4) is 11.5 Å². The van der Waals surface area contributed by atoms with Crippen LogP contribution in [0.3, 0.4) is 0 Å². The van der Waals surface area contributed by atoms with Crippen molar-refractivity contribution in [3.05, 3.63) is 35.9 Å². The number of aromatic nitrogens is 4. The predicted molar refractivity (Wildman–Crippen MR) is 53.5 cm³/mol. The number of imidazole rings is 1. The fourth-order valence-corrected chi connectivity index (χ4v) is 1.47. The number of pyridine rings is 1. The van der Waals surface area contributed by atoms with E-state index in [9.17, 15) is 0 Å². The topological polar surface area (TPSA) is 56.2 Å². The number of hydrogen-bond acceptors (Lipinski definition) is 4. The van der Waals surface area contributed by atoms with E-state index in [4.69, 9.17) is 11.6 Å². The van der Waals surface area contributed by atoms with E-state index in [1.807, 2.05) is 35.0 Å². The van der Waals surface area contributed by atoms with E-state index >= 15 is 0 Å². The molecular formula is C9H5ClN4O. The average Bonchev–Trinajstić information content (AvgIpc) is 2.82. The molecule has 6 heteroatoms. The summed E-state index contributed by atoms with van der Waals surface area (Å²) >= 11 is 5.53. The van der Waals surface area contributed by atoms with Gasteiger partial charge in [0.05, 0.1) is 0 Å². The number of rotatable bonds is 1. The van der Waals surface area contributed by atoms with Gasteiger partial charge in [0.25, 0.3) is 0 Å². The van der Waals surface area contributed by atoms with Crippen LogP contribution < -0.4 is 0 Å². The Morgan fingerprint density at radius 2 is 2.20 bits per heavy atom. The highest BCUT2D eigenvalue weighted by molar-refractivity contribution is 6.27. The van der Waals surface area contributed by atoms with Gasteiger partial charge in [-0.25, -0.2) is 4.98 Å². The van der Waals surface area contributed by atoms with Crippen molar-refractivity contribution in [2.24, 2.45) is 0 Å². The molecule has 5 nitrogen and oxygen atoms in total. The van der Waals surface area contributed by atoms with E-state index in [1.165, 1.54) is 0 Å². The van der Waals surface area contributed by atoms with Crippen molar-refractivity contribution in [2.75, 3.05) is 0 Å². The van der Waals surface area contributed by atoms with Crippen LogP contribution in [-0.4, -0.2) is 19.5 Å². The van der Waals surface area contributed by atoms with Crippen molar-refractivity contribution >= 4 is 17.2 Å². The summed E-state index contributed by atoms with van der Waals surface area (Å²) in [5, 5.41) is 3.70. The molecule has 0 aliphatic carbocycles. The maximum absolute atomic E-state index is 5.53. The lowest BCUT2D eigenvalue weighted by atomic mass is 10.5. The van der Waals surface area contributed by atoms with E-state index in [-0.39, 0.29) is 5.35 Å². The van der Waals surface area contributed by atoms with Crippen LogP contribution in [0.25, 0.3) is 17.2 Å². The fourth-order valence-electron chi connectivity index (χ4n) is 1.35. The minimum atomic E-state index is 0.0158. The maximum atomic E-state index is 5.53. The van der Waals surface area contributed by atoms with Crippen LogP contribution in [0.4, 0.5) is 0 Å². The molecule has 0 N–H and O–H groups in total. The van der Waals surface area contributed by atoms with Gasteiger partial charge < -0.3 is 8.92 Å². The molecule has 0 amide bonds. The first kappa shape index (κ1) is 8.43. The molecule has 0 fully saturated rings. The van der Waals surface area contributed by atoms with Crippen LogP contribution in [0.1, 0.15) is 0 Å². The Morgan fingerprint density at radius 1 is 1.27 bits per heavy atom. The number of hydrogen-bond donors (Lipinski definition) is 0. The molecule has 3 rings (SSSR count). The van der Waals surface area contributed by atoms with Crippen LogP contribution in [-0.2, 0) is 0 Å². The SMILES string of the molecule is Clc1nc(-c2cn3ccccc3n2)no1. The lowest BCUT2D eigenvalue weighted by Gasteiger charge is -1.86. The molecule has 0 bridgehead atoms. The molecule has 0 unspecified atom stereocenters. The Kier molecular flexibility index (Phi) is 1.72. The summed E-state index contributed by atoms with van der Waals surface area (Å²) in [6.45, 7) is 0. The van der Waals surface area contributed by atoms with Gasteiger partial charge in [-0.1, -0.05) is 11.2 Å². The van der Waals surface area contributed by atoms with Gasteiger partial charge in [0.2, 0.25) is 5.82 Å². The molecule has 3 aromatic heterocycles. The number of nitrogens with zero attached hydrogens (tertiary/aromatic N) is 4. The van der Waals surface area contributed by atoms with Crippen LogP contribution in [0.15, 0.2) is 35.1 Å². The van der Waals surface area contributed by atoms with Gasteiger partial charge in [0, 0.05) is 12.4 Å². The summed E-state index contributed by atoms with van der Waals surface area (Å²) < 4.78 is 6.54.